The molecule has 0 aromatic heterocycles. The fourth-order valence-corrected chi connectivity index (χ4v) is 1.37. The van der Waals surface area contributed by atoms with Crippen molar-refractivity contribution in [1.82, 2.24) is 10.9 Å². The average molecular weight is 174 g/mol. The first-order valence-corrected chi connectivity index (χ1v) is 4.20. The van der Waals surface area contributed by atoms with Crippen LogP contribution in [0.4, 0.5) is 0 Å². The molecule has 2 rings (SSSR count). The molecular formula is C10H10N2O. The SMILES string of the molecule is O=C1[C]C(c2ccccc2)CNN1. The molecule has 0 bridgehead atoms. The van der Waals surface area contributed by atoms with Gasteiger partial charge in [-0.3, -0.25) is 10.2 Å². The lowest BCUT2D eigenvalue weighted by atomic mass is 9.95. The number of amides is 1. The standard InChI is InChI=1S/C10H10N2O/c13-10-6-9(7-11-12-10)8-4-2-1-3-5-8/h1-5,9,11H,7H2,(H,12,13). The minimum Gasteiger partial charge on any atom is -0.291 e. The first kappa shape index (κ1) is 8.26. The molecule has 1 amide bonds. The lowest BCUT2D eigenvalue weighted by Gasteiger charge is -2.22. The van der Waals surface area contributed by atoms with E-state index >= 15 is 0 Å². The Morgan fingerprint density at radius 3 is 2.77 bits per heavy atom. The fourth-order valence-electron chi connectivity index (χ4n) is 1.37. The molecule has 3 nitrogen and oxygen atoms in total. The highest BCUT2D eigenvalue weighted by molar-refractivity contribution is 5.86. The zero-order valence-electron chi connectivity index (χ0n) is 7.08. The van der Waals surface area contributed by atoms with Crippen LogP contribution in [0.15, 0.2) is 30.3 Å². The van der Waals surface area contributed by atoms with Gasteiger partial charge < -0.3 is 0 Å². The zero-order chi connectivity index (χ0) is 9.10. The van der Waals surface area contributed by atoms with Crippen LogP contribution >= 0.6 is 0 Å². The van der Waals surface area contributed by atoms with Crippen molar-refractivity contribution in [3.8, 4) is 0 Å². The quantitative estimate of drug-likeness (QED) is 0.650. The van der Waals surface area contributed by atoms with E-state index in [-0.39, 0.29) is 11.8 Å². The number of carbonyl (C=O) groups is 1. The van der Waals surface area contributed by atoms with Crippen LogP contribution in [0.1, 0.15) is 11.5 Å². The van der Waals surface area contributed by atoms with E-state index in [1.54, 1.807) is 0 Å². The van der Waals surface area contributed by atoms with Gasteiger partial charge >= 0.3 is 0 Å². The number of benzene rings is 1. The first-order valence-electron chi connectivity index (χ1n) is 4.20. The predicted octanol–water partition coefficient (Wildman–Crippen LogP) is 0.486. The molecule has 0 aliphatic carbocycles. The second-order valence-corrected chi connectivity index (χ2v) is 2.94. The molecule has 1 heterocycles. The van der Waals surface area contributed by atoms with Gasteiger partial charge in [-0.05, 0) is 5.56 Å². The number of hydrogen-bond donors (Lipinski definition) is 2. The summed E-state index contributed by atoms with van der Waals surface area (Å²) < 4.78 is 0. The molecule has 66 valence electrons. The van der Waals surface area contributed by atoms with Crippen LogP contribution in [0.25, 0.3) is 0 Å². The van der Waals surface area contributed by atoms with Crippen LogP contribution in [-0.4, -0.2) is 12.5 Å². The van der Waals surface area contributed by atoms with Gasteiger partial charge in [-0.1, -0.05) is 30.3 Å². The highest BCUT2D eigenvalue weighted by Gasteiger charge is 2.20. The van der Waals surface area contributed by atoms with Gasteiger partial charge in [0.05, 0.1) is 6.42 Å². The largest absolute Gasteiger partial charge is 0.291 e. The minimum absolute atomic E-state index is 0.0648. The predicted molar refractivity (Wildman–Crippen MR) is 48.6 cm³/mol. The summed E-state index contributed by atoms with van der Waals surface area (Å²) in [6.07, 6.45) is 2.82. The summed E-state index contributed by atoms with van der Waals surface area (Å²) in [6, 6.07) is 9.88. The second kappa shape index (κ2) is 3.58. The van der Waals surface area contributed by atoms with Gasteiger partial charge in [-0.25, -0.2) is 5.43 Å². The normalized spacial score (nSPS) is 22.5. The molecule has 3 heteroatoms. The van der Waals surface area contributed by atoms with Crippen LogP contribution < -0.4 is 10.9 Å². The molecule has 2 N–H and O–H groups in total. The van der Waals surface area contributed by atoms with Gasteiger partial charge in [-0.2, -0.15) is 0 Å². The van der Waals surface area contributed by atoms with Gasteiger partial charge in [0.2, 0.25) is 5.91 Å². The lowest BCUT2D eigenvalue weighted by Crippen LogP contribution is -2.46. The Bertz CT molecular complexity index is 297. The Kier molecular flexibility index (Phi) is 2.27. The van der Waals surface area contributed by atoms with Crippen molar-refractivity contribution in [2.24, 2.45) is 0 Å². The minimum atomic E-state index is -0.180. The molecule has 2 radical (unpaired) electrons. The summed E-state index contributed by atoms with van der Waals surface area (Å²) in [7, 11) is 0. The fraction of sp³-hybridized carbons (Fsp3) is 0.200. The number of hydrogen-bond acceptors (Lipinski definition) is 2. The molecule has 13 heavy (non-hydrogen) atoms. The van der Waals surface area contributed by atoms with E-state index < -0.39 is 0 Å². The number of carbonyl (C=O) groups excluding carboxylic acids is 1. The zero-order valence-corrected chi connectivity index (χ0v) is 7.08. The summed E-state index contributed by atoms with van der Waals surface area (Å²) >= 11 is 0. The highest BCUT2D eigenvalue weighted by Crippen LogP contribution is 2.18. The van der Waals surface area contributed by atoms with Crippen molar-refractivity contribution in [3.05, 3.63) is 42.3 Å². The molecule has 0 saturated carbocycles. The molecule has 1 fully saturated rings. The molecule has 1 saturated heterocycles. The van der Waals surface area contributed by atoms with Gasteiger partial charge in [0.25, 0.3) is 0 Å². The van der Waals surface area contributed by atoms with Crippen LogP contribution in [-0.2, 0) is 4.79 Å². The lowest BCUT2D eigenvalue weighted by molar-refractivity contribution is -0.120. The van der Waals surface area contributed by atoms with Gasteiger partial charge in [-0.15, -0.1) is 0 Å². The van der Waals surface area contributed by atoms with E-state index in [0.717, 1.165) is 5.56 Å². The second-order valence-electron chi connectivity index (χ2n) is 2.94. The van der Waals surface area contributed by atoms with Crippen molar-refractivity contribution in [1.29, 1.82) is 0 Å². The molecule has 1 aliphatic rings. The van der Waals surface area contributed by atoms with E-state index in [1.807, 2.05) is 30.3 Å². The van der Waals surface area contributed by atoms with Gasteiger partial charge in [0.1, 0.15) is 0 Å². The van der Waals surface area contributed by atoms with Gasteiger partial charge in [0.15, 0.2) is 0 Å². The van der Waals surface area contributed by atoms with Crippen LogP contribution in [0, 0.1) is 6.42 Å². The molecule has 1 aromatic carbocycles. The first-order chi connectivity index (χ1) is 6.36. The van der Waals surface area contributed by atoms with Crippen molar-refractivity contribution in [3.63, 3.8) is 0 Å². The van der Waals surface area contributed by atoms with Crippen LogP contribution in [0.2, 0.25) is 0 Å². The van der Waals surface area contributed by atoms with Crippen molar-refractivity contribution in [2.45, 2.75) is 5.92 Å². The highest BCUT2D eigenvalue weighted by atomic mass is 16.2. The summed E-state index contributed by atoms with van der Waals surface area (Å²) in [5.74, 6) is -0.116. The third-order valence-electron chi connectivity index (χ3n) is 2.02. The maximum Gasteiger partial charge on any atom is 0.243 e. The van der Waals surface area contributed by atoms with E-state index in [9.17, 15) is 4.79 Å². The Morgan fingerprint density at radius 2 is 2.08 bits per heavy atom. The topological polar surface area (TPSA) is 41.1 Å². The van der Waals surface area contributed by atoms with Crippen molar-refractivity contribution >= 4 is 5.91 Å². The summed E-state index contributed by atoms with van der Waals surface area (Å²) in [5.41, 5.74) is 6.42. The van der Waals surface area contributed by atoms with E-state index in [1.165, 1.54) is 0 Å². The third kappa shape index (κ3) is 1.87. The number of rotatable bonds is 1. The van der Waals surface area contributed by atoms with Crippen LogP contribution in [0.3, 0.4) is 0 Å². The molecule has 1 unspecified atom stereocenters. The van der Waals surface area contributed by atoms with Crippen molar-refractivity contribution < 1.29 is 4.79 Å². The summed E-state index contributed by atoms with van der Waals surface area (Å²) in [4.78, 5) is 11.0. The maximum absolute atomic E-state index is 11.0. The summed E-state index contributed by atoms with van der Waals surface area (Å²) in [5, 5.41) is 0. The summed E-state index contributed by atoms with van der Waals surface area (Å²) in [6.45, 7) is 0.704. The smallest absolute Gasteiger partial charge is 0.243 e. The molecular weight excluding hydrogens is 164 g/mol. The Balaban J connectivity index is 2.13. The monoisotopic (exact) mass is 174 g/mol. The number of hydrazine groups is 1. The molecule has 0 spiro atoms. The molecule has 1 aromatic rings. The average Bonchev–Trinajstić information content (AvgIpc) is 2.19. The Labute approximate surface area is 77.1 Å². The van der Waals surface area contributed by atoms with Crippen molar-refractivity contribution in [2.75, 3.05) is 6.54 Å². The Morgan fingerprint density at radius 1 is 1.31 bits per heavy atom. The van der Waals surface area contributed by atoms with E-state index in [2.05, 4.69) is 17.3 Å². The maximum atomic E-state index is 11.0. The Hall–Kier alpha value is -1.35. The van der Waals surface area contributed by atoms with E-state index in [4.69, 9.17) is 0 Å². The van der Waals surface area contributed by atoms with E-state index in [0.29, 0.717) is 6.54 Å². The number of nitrogens with one attached hydrogen (secondary N) is 2. The van der Waals surface area contributed by atoms with Gasteiger partial charge in [0, 0.05) is 12.5 Å². The third-order valence-corrected chi connectivity index (χ3v) is 2.02. The molecule has 1 aliphatic heterocycles. The molecule has 1 atom stereocenters. The van der Waals surface area contributed by atoms with Crippen LogP contribution in [0.5, 0.6) is 0 Å².